The number of nitrogens with zero attached hydrogens (tertiary/aromatic N) is 2. The van der Waals surface area contributed by atoms with Crippen molar-refractivity contribution in [1.82, 2.24) is 4.98 Å². The lowest BCUT2D eigenvalue weighted by atomic mass is 10.1. The van der Waals surface area contributed by atoms with Crippen LogP contribution in [0.4, 0.5) is 5.82 Å². The lowest BCUT2D eigenvalue weighted by molar-refractivity contribution is 0.101. The minimum Gasteiger partial charge on any atom is -0.353 e. The van der Waals surface area contributed by atoms with Crippen LogP contribution in [0.15, 0.2) is 18.3 Å². The molecule has 1 aliphatic rings. The van der Waals surface area contributed by atoms with Gasteiger partial charge in [-0.1, -0.05) is 13.8 Å². The van der Waals surface area contributed by atoms with E-state index in [4.69, 9.17) is 0 Å². The summed E-state index contributed by atoms with van der Waals surface area (Å²) >= 11 is 0. The first-order chi connectivity index (χ1) is 8.59. The number of aromatic nitrogens is 1. The molecule has 0 saturated heterocycles. The molecule has 3 nitrogen and oxygen atoms in total. The molecule has 1 aromatic heterocycles. The number of carbonyl (C=O) groups is 1. The van der Waals surface area contributed by atoms with Crippen molar-refractivity contribution in [3.05, 3.63) is 23.9 Å². The van der Waals surface area contributed by atoms with Crippen molar-refractivity contribution in [2.45, 2.75) is 46.1 Å². The first-order valence-corrected chi connectivity index (χ1v) is 6.82. The highest BCUT2D eigenvalue weighted by molar-refractivity contribution is 5.98. The zero-order valence-corrected chi connectivity index (χ0v) is 11.5. The van der Waals surface area contributed by atoms with Crippen molar-refractivity contribution in [2.75, 3.05) is 11.4 Å². The quantitative estimate of drug-likeness (QED) is 0.722. The number of anilines is 1. The summed E-state index contributed by atoms with van der Waals surface area (Å²) in [4.78, 5) is 18.5. The van der Waals surface area contributed by atoms with Crippen LogP contribution < -0.4 is 4.90 Å². The molecule has 2 rings (SSSR count). The van der Waals surface area contributed by atoms with Crippen molar-refractivity contribution < 1.29 is 4.79 Å². The normalized spacial score (nSPS) is 14.9. The van der Waals surface area contributed by atoms with E-state index in [0.29, 0.717) is 12.0 Å². The Morgan fingerprint density at radius 2 is 2.22 bits per heavy atom. The second kappa shape index (κ2) is 5.51. The molecule has 0 aromatic carbocycles. The number of hydrogen-bond acceptors (Lipinski definition) is 3. The van der Waals surface area contributed by atoms with Gasteiger partial charge < -0.3 is 4.90 Å². The number of hydrogen-bond donors (Lipinski definition) is 0. The molecule has 98 valence electrons. The average molecular weight is 246 g/mol. The Morgan fingerprint density at radius 1 is 1.50 bits per heavy atom. The summed E-state index contributed by atoms with van der Waals surface area (Å²) in [6, 6.07) is 4.32. The summed E-state index contributed by atoms with van der Waals surface area (Å²) in [5.41, 5.74) is 0.758. The van der Waals surface area contributed by atoms with Crippen LogP contribution in [-0.2, 0) is 0 Å². The van der Waals surface area contributed by atoms with Crippen LogP contribution >= 0.6 is 0 Å². The van der Waals surface area contributed by atoms with E-state index in [2.05, 4.69) is 23.7 Å². The molecule has 0 unspecified atom stereocenters. The fourth-order valence-corrected chi connectivity index (χ4v) is 2.15. The molecule has 0 amide bonds. The third-order valence-corrected chi connectivity index (χ3v) is 3.37. The number of rotatable bonds is 6. The molecule has 0 atom stereocenters. The highest BCUT2D eigenvalue weighted by Crippen LogP contribution is 2.32. The van der Waals surface area contributed by atoms with Gasteiger partial charge in [-0.15, -0.1) is 0 Å². The fourth-order valence-electron chi connectivity index (χ4n) is 2.15. The van der Waals surface area contributed by atoms with Gasteiger partial charge in [0.25, 0.3) is 0 Å². The van der Waals surface area contributed by atoms with Crippen LogP contribution in [0.3, 0.4) is 0 Å². The maximum absolute atomic E-state index is 11.7. The van der Waals surface area contributed by atoms with E-state index in [0.717, 1.165) is 24.3 Å². The van der Waals surface area contributed by atoms with Gasteiger partial charge in [-0.05, 0) is 44.2 Å². The van der Waals surface area contributed by atoms with E-state index in [-0.39, 0.29) is 5.78 Å². The van der Waals surface area contributed by atoms with Gasteiger partial charge in [-0.2, -0.15) is 0 Å². The van der Waals surface area contributed by atoms with E-state index in [9.17, 15) is 4.79 Å². The molecular weight excluding hydrogens is 224 g/mol. The van der Waals surface area contributed by atoms with Gasteiger partial charge in [-0.25, -0.2) is 4.98 Å². The molecule has 1 saturated carbocycles. The van der Waals surface area contributed by atoms with E-state index in [1.54, 1.807) is 13.1 Å². The van der Waals surface area contributed by atoms with Crippen molar-refractivity contribution in [3.8, 4) is 0 Å². The van der Waals surface area contributed by atoms with E-state index in [1.165, 1.54) is 12.8 Å². The first-order valence-electron chi connectivity index (χ1n) is 6.82. The predicted molar refractivity (Wildman–Crippen MR) is 74.1 cm³/mol. The fraction of sp³-hybridized carbons (Fsp3) is 0.600. The summed E-state index contributed by atoms with van der Waals surface area (Å²) < 4.78 is 0. The zero-order valence-electron chi connectivity index (χ0n) is 11.5. The third-order valence-electron chi connectivity index (χ3n) is 3.37. The topological polar surface area (TPSA) is 33.2 Å². The van der Waals surface area contributed by atoms with Crippen molar-refractivity contribution in [2.24, 2.45) is 5.92 Å². The number of carbonyl (C=O) groups excluding carboxylic acids is 1. The molecule has 0 bridgehead atoms. The molecule has 3 heteroatoms. The number of Topliss-reactive ketones (excluding diaryl/α,β-unsaturated/α-hetero) is 1. The molecule has 1 heterocycles. The molecule has 0 spiro atoms. The molecule has 0 radical (unpaired) electrons. The summed E-state index contributed by atoms with van der Waals surface area (Å²) in [5, 5.41) is 0. The van der Waals surface area contributed by atoms with E-state index >= 15 is 0 Å². The minimum atomic E-state index is 0.105. The Hall–Kier alpha value is -1.38. The lowest BCUT2D eigenvalue weighted by Gasteiger charge is -2.26. The van der Waals surface area contributed by atoms with Gasteiger partial charge >= 0.3 is 0 Å². The van der Waals surface area contributed by atoms with Gasteiger partial charge in [-0.3, -0.25) is 4.79 Å². The molecule has 18 heavy (non-hydrogen) atoms. The van der Waals surface area contributed by atoms with Crippen LogP contribution in [0.5, 0.6) is 0 Å². The Bertz CT molecular complexity index is 424. The molecule has 0 N–H and O–H groups in total. The van der Waals surface area contributed by atoms with E-state index < -0.39 is 0 Å². The summed E-state index contributed by atoms with van der Waals surface area (Å²) in [5.74, 6) is 1.66. The van der Waals surface area contributed by atoms with Crippen molar-refractivity contribution in [3.63, 3.8) is 0 Å². The highest BCUT2D eigenvalue weighted by atomic mass is 16.1. The third kappa shape index (κ3) is 3.09. The monoisotopic (exact) mass is 246 g/mol. The second-order valence-corrected chi connectivity index (χ2v) is 5.54. The van der Waals surface area contributed by atoms with Gasteiger partial charge in [0, 0.05) is 18.8 Å². The summed E-state index contributed by atoms with van der Waals surface area (Å²) in [6.45, 7) is 7.08. The van der Waals surface area contributed by atoms with Gasteiger partial charge in [0.1, 0.15) is 5.82 Å². The maximum atomic E-state index is 11.7. The predicted octanol–water partition coefficient (Wildman–Crippen LogP) is 3.30. The van der Waals surface area contributed by atoms with Crippen molar-refractivity contribution in [1.29, 1.82) is 0 Å². The Kier molecular flexibility index (Phi) is 4.00. The van der Waals surface area contributed by atoms with Crippen molar-refractivity contribution >= 4 is 11.6 Å². The SMILES string of the molecule is CC(=O)c1cccnc1N(CCC(C)C)C1CC1. The Morgan fingerprint density at radius 3 is 2.78 bits per heavy atom. The molecular formula is C15H22N2O. The van der Waals surface area contributed by atoms with Crippen LogP contribution in [0.1, 0.15) is 50.4 Å². The number of ketones is 1. The lowest BCUT2D eigenvalue weighted by Crippen LogP contribution is -2.30. The van der Waals surface area contributed by atoms with Crippen LogP contribution in [0, 0.1) is 5.92 Å². The van der Waals surface area contributed by atoms with Gasteiger partial charge in [0.05, 0.1) is 5.56 Å². The van der Waals surface area contributed by atoms with Crippen LogP contribution in [0.25, 0.3) is 0 Å². The smallest absolute Gasteiger partial charge is 0.163 e. The Labute approximate surface area is 109 Å². The van der Waals surface area contributed by atoms with Gasteiger partial charge in [0.2, 0.25) is 0 Å². The van der Waals surface area contributed by atoms with Crippen LogP contribution in [0.2, 0.25) is 0 Å². The molecule has 1 fully saturated rings. The molecule has 0 aliphatic heterocycles. The maximum Gasteiger partial charge on any atom is 0.163 e. The highest BCUT2D eigenvalue weighted by Gasteiger charge is 2.31. The molecule has 1 aromatic rings. The Balaban J connectivity index is 2.22. The average Bonchev–Trinajstić information content (AvgIpc) is 3.14. The largest absolute Gasteiger partial charge is 0.353 e. The summed E-state index contributed by atoms with van der Waals surface area (Å²) in [6.07, 6.45) is 5.38. The summed E-state index contributed by atoms with van der Waals surface area (Å²) in [7, 11) is 0. The zero-order chi connectivity index (χ0) is 13.1. The van der Waals surface area contributed by atoms with E-state index in [1.807, 2.05) is 12.1 Å². The molecule has 1 aliphatic carbocycles. The van der Waals surface area contributed by atoms with Crippen LogP contribution in [-0.4, -0.2) is 23.4 Å². The first kappa shape index (κ1) is 13.1. The standard InChI is InChI=1S/C15H22N2O/c1-11(2)8-10-17(13-6-7-13)15-14(12(3)18)5-4-9-16-15/h4-5,9,11,13H,6-8,10H2,1-3H3. The number of pyridine rings is 1. The van der Waals surface area contributed by atoms with Gasteiger partial charge in [0.15, 0.2) is 5.78 Å². The second-order valence-electron chi connectivity index (χ2n) is 5.54. The minimum absolute atomic E-state index is 0.105.